The van der Waals surface area contributed by atoms with Crippen molar-refractivity contribution < 1.29 is 13.2 Å². The van der Waals surface area contributed by atoms with Crippen LogP contribution in [0, 0.1) is 18.3 Å². The Bertz CT molecular complexity index is 434. The van der Waals surface area contributed by atoms with Crippen LogP contribution in [0.25, 0.3) is 0 Å². The Morgan fingerprint density at radius 1 is 1.21 bits per heavy atom. The van der Waals surface area contributed by atoms with Gasteiger partial charge in [-0.3, -0.25) is 0 Å². The number of piperidine rings is 1. The molecule has 2 rings (SSSR count). The quantitative estimate of drug-likeness (QED) is 0.731. The zero-order chi connectivity index (χ0) is 14.3. The fourth-order valence-electron chi connectivity index (χ4n) is 2.48. The summed E-state index contributed by atoms with van der Waals surface area (Å²) < 4.78 is 37.5. The lowest BCUT2D eigenvalue weighted by Gasteiger charge is -2.44. The monoisotopic (exact) mass is 270 g/mol. The Labute approximate surface area is 112 Å². The van der Waals surface area contributed by atoms with Gasteiger partial charge in [-0.05, 0) is 48.9 Å². The summed E-state index contributed by atoms with van der Waals surface area (Å²) in [6, 6.07) is 5.42. The third kappa shape index (κ3) is 3.04. The second-order valence-corrected chi connectivity index (χ2v) is 5.94. The summed E-state index contributed by atoms with van der Waals surface area (Å²) in [4.78, 5) is 2.14. The van der Waals surface area contributed by atoms with Gasteiger partial charge in [0.15, 0.2) is 0 Å². The number of anilines is 1. The first-order chi connectivity index (χ1) is 8.70. The molecule has 0 amide bonds. The molecule has 1 nitrogen and oxygen atoms in total. The van der Waals surface area contributed by atoms with Gasteiger partial charge in [0.1, 0.15) is 0 Å². The lowest BCUT2D eigenvalue weighted by molar-refractivity contribution is -0.137. The molecule has 0 saturated carbocycles. The topological polar surface area (TPSA) is 3.24 Å². The molecule has 1 heterocycles. The molecule has 19 heavy (non-hydrogen) atoms. The van der Waals surface area contributed by atoms with Crippen LogP contribution < -0.4 is 4.90 Å². The molecule has 0 N–H and O–H groups in total. The van der Waals surface area contributed by atoms with E-state index in [-0.39, 0.29) is 5.41 Å². The summed E-state index contributed by atoms with van der Waals surface area (Å²) in [5.74, 6) is 0.387. The van der Waals surface area contributed by atoms with Gasteiger partial charge < -0.3 is 4.90 Å². The minimum absolute atomic E-state index is 0.0843. The molecule has 105 valence electrons. The molecule has 1 aliphatic rings. The van der Waals surface area contributed by atoms with Crippen molar-refractivity contribution in [3.63, 3.8) is 0 Å². The van der Waals surface area contributed by atoms with Gasteiger partial charge in [-0.25, -0.2) is 0 Å². The number of alkyl halides is 3. The van der Waals surface area contributed by atoms with Crippen LogP contribution in [-0.4, -0.2) is 13.1 Å². The van der Waals surface area contributed by atoms with E-state index >= 15 is 0 Å². The van der Waals surface area contributed by atoms with Gasteiger partial charge in [0.25, 0.3) is 0 Å². The number of rotatable bonds is 1. The highest BCUT2D eigenvalue weighted by molar-refractivity contribution is 5.48. The van der Waals surface area contributed by atoms with Gasteiger partial charge in [0.05, 0.1) is 5.56 Å². The van der Waals surface area contributed by atoms with E-state index in [0.717, 1.165) is 37.3 Å². The zero-order valence-corrected chi connectivity index (χ0v) is 11.3. The average Bonchev–Trinajstić information content (AvgIpc) is 2.32. The summed E-state index contributed by atoms with van der Waals surface area (Å²) in [6.45, 7) is 10.1. The molecular weight excluding hydrogens is 251 g/mol. The minimum atomic E-state index is -4.27. The molecule has 0 bridgehead atoms. The Morgan fingerprint density at radius 2 is 1.79 bits per heavy atom. The van der Waals surface area contributed by atoms with E-state index in [1.165, 1.54) is 0 Å². The Kier molecular flexibility index (Phi) is 3.54. The summed E-state index contributed by atoms with van der Waals surface area (Å²) >= 11 is 0. The number of hydrogen-bond acceptors (Lipinski definition) is 1. The Morgan fingerprint density at radius 3 is 2.26 bits per heavy atom. The molecule has 0 aliphatic carbocycles. The Balaban J connectivity index is 2.15. The van der Waals surface area contributed by atoms with Gasteiger partial charge in [-0.2, -0.15) is 13.2 Å². The van der Waals surface area contributed by atoms with E-state index in [1.807, 2.05) is 0 Å². The number of nitrogens with zero attached hydrogens (tertiary/aromatic N) is 1. The second-order valence-electron chi connectivity index (χ2n) is 5.94. The molecule has 0 aromatic heterocycles. The molecule has 1 aromatic carbocycles. The predicted octanol–water partition coefficient (Wildman–Crippen LogP) is 4.39. The van der Waals surface area contributed by atoms with E-state index < -0.39 is 11.7 Å². The van der Waals surface area contributed by atoms with Crippen LogP contribution >= 0.6 is 0 Å². The number of halogens is 3. The van der Waals surface area contributed by atoms with Gasteiger partial charge in [0, 0.05) is 18.8 Å². The first-order valence-electron chi connectivity index (χ1n) is 6.45. The highest BCUT2D eigenvalue weighted by atomic mass is 19.4. The normalized spacial score (nSPS) is 23.5. The van der Waals surface area contributed by atoms with E-state index in [2.05, 4.69) is 25.7 Å². The van der Waals surface area contributed by atoms with E-state index in [4.69, 9.17) is 0 Å². The van der Waals surface area contributed by atoms with Crippen molar-refractivity contribution in [2.24, 2.45) is 11.3 Å². The second kappa shape index (κ2) is 4.73. The largest absolute Gasteiger partial charge is 0.416 e. The van der Waals surface area contributed by atoms with Crippen molar-refractivity contribution in [2.45, 2.75) is 26.4 Å². The summed E-state index contributed by atoms with van der Waals surface area (Å²) in [5, 5.41) is 0. The highest BCUT2D eigenvalue weighted by Gasteiger charge is 2.34. The molecule has 1 unspecified atom stereocenters. The van der Waals surface area contributed by atoms with Crippen molar-refractivity contribution in [3.8, 4) is 0 Å². The van der Waals surface area contributed by atoms with Gasteiger partial charge >= 0.3 is 6.18 Å². The standard InChI is InChI=1S/C15H19F3N/c1-11-8-9-19(10-14(11,2)3)13-6-4-12(5-7-13)15(16,17)18/h4-7,11H,1,8-10H2,2-3H3. The van der Waals surface area contributed by atoms with Crippen LogP contribution in [0.1, 0.15) is 25.8 Å². The van der Waals surface area contributed by atoms with Crippen LogP contribution in [0.2, 0.25) is 0 Å². The predicted molar refractivity (Wildman–Crippen MR) is 70.9 cm³/mol. The number of hydrogen-bond donors (Lipinski definition) is 0. The smallest absolute Gasteiger partial charge is 0.371 e. The molecular formula is C15H19F3N. The van der Waals surface area contributed by atoms with Gasteiger partial charge in [0.2, 0.25) is 0 Å². The number of benzene rings is 1. The molecule has 1 fully saturated rings. The molecule has 1 saturated heterocycles. The highest BCUT2D eigenvalue weighted by Crippen LogP contribution is 2.37. The molecule has 1 aliphatic heterocycles. The van der Waals surface area contributed by atoms with Gasteiger partial charge in [-0.15, -0.1) is 0 Å². The zero-order valence-electron chi connectivity index (χ0n) is 11.3. The summed E-state index contributed by atoms with van der Waals surface area (Å²) in [5.41, 5.74) is 0.344. The maximum absolute atomic E-state index is 12.5. The molecule has 1 aromatic rings. The lowest BCUT2D eigenvalue weighted by atomic mass is 9.75. The van der Waals surface area contributed by atoms with Crippen LogP contribution in [-0.2, 0) is 6.18 Å². The average molecular weight is 270 g/mol. The molecule has 1 radical (unpaired) electrons. The van der Waals surface area contributed by atoms with Crippen LogP contribution in [0.4, 0.5) is 18.9 Å². The molecule has 4 heteroatoms. The van der Waals surface area contributed by atoms with Gasteiger partial charge in [-0.1, -0.05) is 13.8 Å². The first kappa shape index (κ1) is 14.2. The summed E-state index contributed by atoms with van der Waals surface area (Å²) in [6.07, 6.45) is -3.30. The first-order valence-corrected chi connectivity index (χ1v) is 6.45. The maximum atomic E-state index is 12.5. The summed E-state index contributed by atoms with van der Waals surface area (Å²) in [7, 11) is 0. The van der Waals surface area contributed by atoms with E-state index in [9.17, 15) is 13.2 Å². The van der Waals surface area contributed by atoms with Crippen LogP contribution in [0.3, 0.4) is 0 Å². The van der Waals surface area contributed by atoms with Crippen molar-refractivity contribution in [1.29, 1.82) is 0 Å². The van der Waals surface area contributed by atoms with E-state index in [0.29, 0.717) is 5.92 Å². The fourth-order valence-corrected chi connectivity index (χ4v) is 2.48. The molecule has 0 spiro atoms. The van der Waals surface area contributed by atoms with Crippen LogP contribution in [0.5, 0.6) is 0 Å². The van der Waals surface area contributed by atoms with Crippen molar-refractivity contribution in [1.82, 2.24) is 0 Å². The van der Waals surface area contributed by atoms with Crippen molar-refractivity contribution >= 4 is 5.69 Å². The fraction of sp³-hybridized carbons (Fsp3) is 0.533. The third-order valence-corrected chi connectivity index (χ3v) is 4.01. The maximum Gasteiger partial charge on any atom is 0.416 e. The van der Waals surface area contributed by atoms with E-state index in [1.54, 1.807) is 12.1 Å². The van der Waals surface area contributed by atoms with Crippen molar-refractivity contribution in [3.05, 3.63) is 36.8 Å². The minimum Gasteiger partial charge on any atom is -0.371 e. The molecule has 1 atom stereocenters. The third-order valence-electron chi connectivity index (χ3n) is 4.01. The lowest BCUT2D eigenvalue weighted by Crippen LogP contribution is -2.45. The van der Waals surface area contributed by atoms with Crippen LogP contribution in [0.15, 0.2) is 24.3 Å². The SMILES string of the molecule is [CH2]C1CCN(c2ccc(C(F)(F)F)cc2)CC1(C)C. The van der Waals surface area contributed by atoms with Crippen molar-refractivity contribution in [2.75, 3.05) is 18.0 Å². The Hall–Kier alpha value is -1.19.